The van der Waals surface area contributed by atoms with Crippen molar-refractivity contribution in [2.75, 3.05) is 11.1 Å². The van der Waals surface area contributed by atoms with Gasteiger partial charge in [0.1, 0.15) is 0 Å². The maximum Gasteiger partial charge on any atom is 0.228 e. The lowest BCUT2D eigenvalue weighted by Gasteiger charge is -2.20. The van der Waals surface area contributed by atoms with Gasteiger partial charge < -0.3 is 11.1 Å². The quantitative estimate of drug-likeness (QED) is 0.886. The molecule has 22 heavy (non-hydrogen) atoms. The molecule has 1 aliphatic rings. The Bertz CT molecular complexity index is 649. The Morgan fingerprint density at radius 3 is 2.45 bits per heavy atom. The van der Waals surface area contributed by atoms with E-state index in [0.29, 0.717) is 11.9 Å². The molecule has 6 heteroatoms. The van der Waals surface area contributed by atoms with E-state index in [2.05, 4.69) is 32.4 Å². The van der Waals surface area contributed by atoms with Gasteiger partial charge in [-0.2, -0.15) is 15.0 Å². The Morgan fingerprint density at radius 1 is 1.18 bits per heavy atom. The zero-order valence-electron chi connectivity index (χ0n) is 12.8. The van der Waals surface area contributed by atoms with E-state index in [9.17, 15) is 4.39 Å². The predicted octanol–water partition coefficient (Wildman–Crippen LogP) is 3.22. The minimum atomic E-state index is -1.66. The van der Waals surface area contributed by atoms with Gasteiger partial charge in [-0.05, 0) is 38.2 Å². The molecule has 0 spiro atoms. The molecular formula is C16H20FN5. The Kier molecular flexibility index (Phi) is 3.68. The molecule has 1 unspecified atom stereocenters. The molecule has 0 aliphatic heterocycles. The molecule has 1 heterocycles. The number of halogens is 1. The minimum Gasteiger partial charge on any atom is -0.368 e. The van der Waals surface area contributed by atoms with E-state index in [0.717, 1.165) is 12.8 Å². The van der Waals surface area contributed by atoms with Gasteiger partial charge in [0.25, 0.3) is 0 Å². The van der Waals surface area contributed by atoms with Crippen LogP contribution >= 0.6 is 0 Å². The van der Waals surface area contributed by atoms with Crippen LogP contribution in [0.25, 0.3) is 0 Å². The maximum absolute atomic E-state index is 14.1. The Balaban J connectivity index is 1.89. The third-order valence-electron chi connectivity index (χ3n) is 3.72. The van der Waals surface area contributed by atoms with E-state index >= 15 is 0 Å². The molecule has 5 nitrogen and oxygen atoms in total. The van der Waals surface area contributed by atoms with E-state index in [-0.39, 0.29) is 17.8 Å². The van der Waals surface area contributed by atoms with Gasteiger partial charge in [0.2, 0.25) is 11.9 Å². The van der Waals surface area contributed by atoms with Crippen molar-refractivity contribution >= 4 is 11.9 Å². The Labute approximate surface area is 129 Å². The van der Waals surface area contributed by atoms with Crippen LogP contribution in [-0.4, -0.2) is 15.0 Å². The number of rotatable bonds is 5. The summed E-state index contributed by atoms with van der Waals surface area (Å²) >= 11 is 0. The van der Waals surface area contributed by atoms with Gasteiger partial charge in [-0.3, -0.25) is 0 Å². The van der Waals surface area contributed by atoms with Gasteiger partial charge in [0.15, 0.2) is 11.5 Å². The predicted molar refractivity (Wildman–Crippen MR) is 83.9 cm³/mol. The summed E-state index contributed by atoms with van der Waals surface area (Å²) in [5, 5.41) is 3.30. The van der Waals surface area contributed by atoms with Crippen molar-refractivity contribution in [2.45, 2.75) is 38.4 Å². The topological polar surface area (TPSA) is 76.7 Å². The van der Waals surface area contributed by atoms with Crippen LogP contribution in [-0.2, 0) is 5.67 Å². The number of benzene rings is 1. The summed E-state index contributed by atoms with van der Waals surface area (Å²) in [6, 6.07) is 10.2. The maximum atomic E-state index is 14.1. The van der Waals surface area contributed by atoms with Gasteiger partial charge in [-0.15, -0.1) is 0 Å². The van der Waals surface area contributed by atoms with E-state index in [4.69, 9.17) is 5.73 Å². The van der Waals surface area contributed by atoms with Crippen molar-refractivity contribution in [2.24, 2.45) is 5.92 Å². The molecule has 0 bridgehead atoms. The average Bonchev–Trinajstić information content (AvgIpc) is 3.29. The number of nitrogens with one attached hydrogen (secondary N) is 1. The van der Waals surface area contributed by atoms with E-state index < -0.39 is 5.67 Å². The second-order valence-electron chi connectivity index (χ2n) is 6.18. The zero-order valence-corrected chi connectivity index (χ0v) is 12.8. The first kappa shape index (κ1) is 14.7. The number of hydrogen-bond acceptors (Lipinski definition) is 5. The van der Waals surface area contributed by atoms with Crippen molar-refractivity contribution in [3.63, 3.8) is 0 Å². The smallest absolute Gasteiger partial charge is 0.228 e. The van der Waals surface area contributed by atoms with Gasteiger partial charge in [0, 0.05) is 0 Å². The number of aromatic nitrogens is 3. The highest BCUT2D eigenvalue weighted by Crippen LogP contribution is 2.42. The Morgan fingerprint density at radius 2 is 1.86 bits per heavy atom. The standard InChI is InChI=1S/C16H20FN5/c1-16(2,17)13-20-14(18)22-15(21-13)19-12(11-8-9-11)10-6-4-3-5-7-10/h3-7,11-12H,8-9H2,1-2H3,(H3,18,19,20,21,22). The molecule has 1 aromatic carbocycles. The van der Waals surface area contributed by atoms with E-state index in [1.54, 1.807) is 0 Å². The number of nitrogens with zero attached hydrogens (tertiary/aromatic N) is 3. The lowest BCUT2D eigenvalue weighted by molar-refractivity contribution is 0.206. The first-order chi connectivity index (χ1) is 10.4. The van der Waals surface area contributed by atoms with Gasteiger partial charge >= 0.3 is 0 Å². The van der Waals surface area contributed by atoms with Crippen LogP contribution in [0.15, 0.2) is 30.3 Å². The fraction of sp³-hybridized carbons (Fsp3) is 0.438. The number of anilines is 2. The highest BCUT2D eigenvalue weighted by atomic mass is 19.1. The first-order valence-corrected chi connectivity index (χ1v) is 7.46. The summed E-state index contributed by atoms with van der Waals surface area (Å²) in [7, 11) is 0. The molecule has 1 fully saturated rings. The summed E-state index contributed by atoms with van der Waals surface area (Å²) in [5.74, 6) is 0.946. The molecule has 1 aliphatic carbocycles. The largest absolute Gasteiger partial charge is 0.368 e. The summed E-state index contributed by atoms with van der Waals surface area (Å²) in [6.07, 6.45) is 2.32. The van der Waals surface area contributed by atoms with Gasteiger partial charge in [0.05, 0.1) is 6.04 Å². The molecule has 1 saturated carbocycles. The van der Waals surface area contributed by atoms with Crippen LogP contribution < -0.4 is 11.1 Å². The number of nitrogens with two attached hydrogens (primary N) is 1. The van der Waals surface area contributed by atoms with Crippen molar-refractivity contribution < 1.29 is 4.39 Å². The Hall–Kier alpha value is -2.24. The highest BCUT2D eigenvalue weighted by Gasteiger charge is 2.33. The lowest BCUT2D eigenvalue weighted by atomic mass is 10.0. The van der Waals surface area contributed by atoms with Gasteiger partial charge in [-0.1, -0.05) is 30.3 Å². The zero-order chi connectivity index (χ0) is 15.7. The molecule has 116 valence electrons. The fourth-order valence-electron chi connectivity index (χ4n) is 2.43. The van der Waals surface area contributed by atoms with E-state index in [1.807, 2.05) is 18.2 Å². The van der Waals surface area contributed by atoms with Crippen molar-refractivity contribution in [3.8, 4) is 0 Å². The van der Waals surface area contributed by atoms with E-state index in [1.165, 1.54) is 19.4 Å². The highest BCUT2D eigenvalue weighted by molar-refractivity contribution is 5.37. The summed E-state index contributed by atoms with van der Waals surface area (Å²) in [4.78, 5) is 12.2. The third-order valence-corrected chi connectivity index (χ3v) is 3.72. The SMILES string of the molecule is CC(C)(F)c1nc(N)nc(NC(c2ccccc2)C2CC2)n1. The summed E-state index contributed by atoms with van der Waals surface area (Å²) in [6.45, 7) is 2.81. The second kappa shape index (κ2) is 5.51. The summed E-state index contributed by atoms with van der Waals surface area (Å²) in [5.41, 5.74) is 5.21. The van der Waals surface area contributed by atoms with Crippen LogP contribution in [0.4, 0.5) is 16.3 Å². The third kappa shape index (κ3) is 3.32. The fourth-order valence-corrected chi connectivity index (χ4v) is 2.43. The average molecular weight is 301 g/mol. The summed E-state index contributed by atoms with van der Waals surface area (Å²) < 4.78 is 14.1. The molecular weight excluding hydrogens is 281 g/mol. The molecule has 0 amide bonds. The first-order valence-electron chi connectivity index (χ1n) is 7.46. The molecule has 2 aromatic rings. The van der Waals surface area contributed by atoms with Crippen LogP contribution in [0.5, 0.6) is 0 Å². The van der Waals surface area contributed by atoms with Crippen LogP contribution in [0, 0.1) is 5.92 Å². The van der Waals surface area contributed by atoms with Crippen molar-refractivity contribution in [3.05, 3.63) is 41.7 Å². The van der Waals surface area contributed by atoms with Gasteiger partial charge in [-0.25, -0.2) is 4.39 Å². The van der Waals surface area contributed by atoms with Crippen LogP contribution in [0.1, 0.15) is 44.1 Å². The molecule has 3 N–H and O–H groups in total. The molecule has 3 rings (SSSR count). The van der Waals surface area contributed by atoms with Crippen LogP contribution in [0.3, 0.4) is 0 Å². The number of hydrogen-bond donors (Lipinski definition) is 2. The van der Waals surface area contributed by atoms with Crippen molar-refractivity contribution in [1.82, 2.24) is 15.0 Å². The second-order valence-corrected chi connectivity index (χ2v) is 6.18. The number of alkyl halides is 1. The lowest BCUT2D eigenvalue weighted by Crippen LogP contribution is -2.20. The normalized spacial score (nSPS) is 16.3. The minimum absolute atomic E-state index is 0.0285. The number of nitrogen functional groups attached to an aromatic ring is 1. The monoisotopic (exact) mass is 301 g/mol. The molecule has 0 saturated heterocycles. The molecule has 0 radical (unpaired) electrons. The molecule has 1 atom stereocenters. The van der Waals surface area contributed by atoms with Crippen molar-refractivity contribution in [1.29, 1.82) is 0 Å². The van der Waals surface area contributed by atoms with Crippen LogP contribution in [0.2, 0.25) is 0 Å². The molecule has 1 aromatic heterocycles.